The minimum absolute atomic E-state index is 0. The van der Waals surface area contributed by atoms with Gasteiger partial charge >= 0.3 is 11.7 Å². The molecule has 0 amide bonds. The van der Waals surface area contributed by atoms with Crippen molar-refractivity contribution >= 4 is 33.9 Å². The summed E-state index contributed by atoms with van der Waals surface area (Å²) in [5.41, 5.74) is 0.372. The zero-order valence-corrected chi connectivity index (χ0v) is 14.4. The number of aromatic hydroxyl groups is 2. The first-order chi connectivity index (χ1) is 10.4. The number of benzene rings is 1. The number of hydrogen-bond acceptors (Lipinski definition) is 5. The van der Waals surface area contributed by atoms with E-state index >= 15 is 0 Å². The van der Waals surface area contributed by atoms with E-state index in [1.165, 1.54) is 16.7 Å². The third-order valence-corrected chi connectivity index (χ3v) is 3.47. The molecule has 0 aliphatic carbocycles. The average molecular weight is 387 g/mol. The standard InChI is InChI=1S/C15H18N2O5.BrH/c1-2-3-4-10-9-7-12(18)13(19)8-11(9)17(15(22)16-10)6-5-14(20)21;/h7-8,18-19H,2-6H2,1H3,(H,20,21);1H. The second kappa shape index (κ2) is 7.96. The van der Waals surface area contributed by atoms with Crippen LogP contribution >= 0.6 is 17.0 Å². The second-order valence-electron chi connectivity index (χ2n) is 5.10. The van der Waals surface area contributed by atoms with Crippen LogP contribution in [0.5, 0.6) is 11.5 Å². The van der Waals surface area contributed by atoms with Crippen molar-refractivity contribution in [3.63, 3.8) is 0 Å². The number of fused-ring (bicyclic) bond motifs is 1. The Balaban J connectivity index is 0.00000264. The molecule has 0 spiro atoms. The van der Waals surface area contributed by atoms with Gasteiger partial charge in [-0.2, -0.15) is 4.98 Å². The third kappa shape index (κ3) is 4.22. The van der Waals surface area contributed by atoms with Crippen LogP contribution in [0.1, 0.15) is 31.9 Å². The van der Waals surface area contributed by atoms with Crippen LogP contribution in [0.25, 0.3) is 10.9 Å². The van der Waals surface area contributed by atoms with Crippen molar-refractivity contribution in [2.24, 2.45) is 0 Å². The van der Waals surface area contributed by atoms with Gasteiger partial charge in [-0.25, -0.2) is 4.79 Å². The predicted octanol–water partition coefficient (Wildman–Crippen LogP) is 2.20. The first kappa shape index (κ1) is 19.0. The van der Waals surface area contributed by atoms with E-state index in [-0.39, 0.29) is 41.4 Å². The maximum atomic E-state index is 12.1. The van der Waals surface area contributed by atoms with Gasteiger partial charge in [0.05, 0.1) is 17.6 Å². The smallest absolute Gasteiger partial charge is 0.348 e. The van der Waals surface area contributed by atoms with E-state index in [1.807, 2.05) is 6.92 Å². The largest absolute Gasteiger partial charge is 0.504 e. The molecule has 0 unspecified atom stereocenters. The van der Waals surface area contributed by atoms with Gasteiger partial charge in [-0.15, -0.1) is 17.0 Å². The summed E-state index contributed by atoms with van der Waals surface area (Å²) < 4.78 is 1.21. The highest BCUT2D eigenvalue weighted by atomic mass is 79.9. The normalized spacial score (nSPS) is 10.5. The van der Waals surface area contributed by atoms with E-state index in [1.54, 1.807) is 0 Å². The molecule has 1 heterocycles. The molecule has 0 fully saturated rings. The molecule has 1 aromatic carbocycles. The summed E-state index contributed by atoms with van der Waals surface area (Å²) in [5, 5.41) is 28.7. The summed E-state index contributed by atoms with van der Waals surface area (Å²) in [4.78, 5) is 26.9. The second-order valence-corrected chi connectivity index (χ2v) is 5.10. The number of hydrogen-bond donors (Lipinski definition) is 3. The predicted molar refractivity (Wildman–Crippen MR) is 90.5 cm³/mol. The molecule has 2 rings (SSSR count). The van der Waals surface area contributed by atoms with Crippen LogP contribution < -0.4 is 5.69 Å². The molecule has 0 bridgehead atoms. The van der Waals surface area contributed by atoms with Crippen molar-refractivity contribution in [3.05, 3.63) is 28.3 Å². The molecule has 8 heteroatoms. The summed E-state index contributed by atoms with van der Waals surface area (Å²) >= 11 is 0. The highest BCUT2D eigenvalue weighted by molar-refractivity contribution is 8.93. The van der Waals surface area contributed by atoms with Crippen molar-refractivity contribution < 1.29 is 20.1 Å². The first-order valence-corrected chi connectivity index (χ1v) is 7.11. The SMILES string of the molecule is Br.CCCCc1nc(=O)n(CCC(=O)O)c2cc(O)c(O)cc12. The highest BCUT2D eigenvalue weighted by Gasteiger charge is 2.14. The van der Waals surface area contributed by atoms with Gasteiger partial charge < -0.3 is 15.3 Å². The Labute approximate surface area is 143 Å². The maximum absolute atomic E-state index is 12.1. The Morgan fingerprint density at radius 1 is 1.26 bits per heavy atom. The summed E-state index contributed by atoms with van der Waals surface area (Å²) in [7, 11) is 0. The van der Waals surface area contributed by atoms with Crippen molar-refractivity contribution in [2.75, 3.05) is 0 Å². The summed E-state index contributed by atoms with van der Waals surface area (Å²) in [6.45, 7) is 1.97. The number of halogens is 1. The minimum atomic E-state index is -1.03. The lowest BCUT2D eigenvalue weighted by molar-refractivity contribution is -0.137. The Morgan fingerprint density at radius 2 is 1.91 bits per heavy atom. The molecular formula is C15H19BrN2O5. The van der Waals surface area contributed by atoms with Crippen molar-refractivity contribution in [2.45, 2.75) is 39.2 Å². The van der Waals surface area contributed by atoms with Gasteiger partial charge in [0.2, 0.25) is 0 Å². The molecule has 0 aliphatic heterocycles. The van der Waals surface area contributed by atoms with Crippen LogP contribution in [0.15, 0.2) is 16.9 Å². The zero-order chi connectivity index (χ0) is 16.3. The fourth-order valence-electron chi connectivity index (χ4n) is 2.32. The topological polar surface area (TPSA) is 113 Å². The van der Waals surface area contributed by atoms with Crippen LogP contribution in [0.3, 0.4) is 0 Å². The molecule has 23 heavy (non-hydrogen) atoms. The molecule has 0 saturated heterocycles. The van der Waals surface area contributed by atoms with Crippen LogP contribution in [-0.4, -0.2) is 30.8 Å². The number of rotatable bonds is 6. The molecule has 0 aliphatic rings. The summed E-state index contributed by atoms with van der Waals surface area (Å²) in [6, 6.07) is 2.63. The lowest BCUT2D eigenvalue weighted by Crippen LogP contribution is -2.26. The van der Waals surface area contributed by atoms with Crippen molar-refractivity contribution in [3.8, 4) is 11.5 Å². The number of phenolic OH excluding ortho intramolecular Hbond substituents is 2. The lowest BCUT2D eigenvalue weighted by Gasteiger charge is -2.13. The summed E-state index contributed by atoms with van der Waals surface area (Å²) in [6.07, 6.45) is 2.11. The number of aryl methyl sites for hydroxylation is 2. The fourth-order valence-corrected chi connectivity index (χ4v) is 2.32. The van der Waals surface area contributed by atoms with Gasteiger partial charge in [-0.05, 0) is 18.9 Å². The molecular weight excluding hydrogens is 368 g/mol. The van der Waals surface area contributed by atoms with Crippen molar-refractivity contribution in [1.29, 1.82) is 0 Å². The number of carbonyl (C=O) groups is 1. The molecule has 7 nitrogen and oxygen atoms in total. The molecule has 0 radical (unpaired) electrons. The number of nitrogens with zero attached hydrogens (tertiary/aromatic N) is 2. The van der Waals surface area contributed by atoms with Crippen LogP contribution in [0, 0.1) is 0 Å². The quantitative estimate of drug-likeness (QED) is 0.655. The monoisotopic (exact) mass is 386 g/mol. The zero-order valence-electron chi connectivity index (χ0n) is 12.7. The average Bonchev–Trinajstić information content (AvgIpc) is 2.46. The van der Waals surface area contributed by atoms with E-state index in [4.69, 9.17) is 5.11 Å². The molecule has 0 saturated carbocycles. The minimum Gasteiger partial charge on any atom is -0.504 e. The lowest BCUT2D eigenvalue weighted by atomic mass is 10.1. The Morgan fingerprint density at radius 3 is 2.52 bits per heavy atom. The molecule has 2 aromatic rings. The van der Waals surface area contributed by atoms with E-state index in [9.17, 15) is 19.8 Å². The molecule has 1 aromatic heterocycles. The molecule has 3 N–H and O–H groups in total. The number of phenols is 2. The Kier molecular flexibility index (Phi) is 6.56. The first-order valence-electron chi connectivity index (χ1n) is 7.11. The number of aromatic nitrogens is 2. The third-order valence-electron chi connectivity index (χ3n) is 3.47. The van der Waals surface area contributed by atoms with E-state index < -0.39 is 11.7 Å². The van der Waals surface area contributed by atoms with Gasteiger partial charge in [0, 0.05) is 18.0 Å². The number of carboxylic acid groups (broad SMARTS) is 1. The Hall–Kier alpha value is -2.09. The van der Waals surface area contributed by atoms with Gasteiger partial charge in [-0.3, -0.25) is 9.36 Å². The van der Waals surface area contributed by atoms with Gasteiger partial charge in [0.15, 0.2) is 11.5 Å². The van der Waals surface area contributed by atoms with Gasteiger partial charge in [0.25, 0.3) is 0 Å². The highest BCUT2D eigenvalue weighted by Crippen LogP contribution is 2.31. The van der Waals surface area contributed by atoms with Gasteiger partial charge in [0.1, 0.15) is 0 Å². The number of carboxylic acids is 1. The summed E-state index contributed by atoms with van der Waals surface area (Å²) in [5.74, 6) is -1.68. The Bertz CT molecular complexity index is 773. The number of aliphatic carboxylic acids is 1. The van der Waals surface area contributed by atoms with Crippen LogP contribution in [-0.2, 0) is 17.8 Å². The van der Waals surface area contributed by atoms with Crippen molar-refractivity contribution in [1.82, 2.24) is 9.55 Å². The van der Waals surface area contributed by atoms with Gasteiger partial charge in [-0.1, -0.05) is 13.3 Å². The molecule has 126 valence electrons. The van der Waals surface area contributed by atoms with E-state index in [0.717, 1.165) is 12.8 Å². The maximum Gasteiger partial charge on any atom is 0.348 e. The van der Waals surface area contributed by atoms with E-state index in [2.05, 4.69) is 4.98 Å². The van der Waals surface area contributed by atoms with E-state index in [0.29, 0.717) is 23.0 Å². The number of unbranched alkanes of at least 4 members (excludes halogenated alkanes) is 1. The molecule has 0 atom stereocenters. The van der Waals surface area contributed by atoms with Crippen LogP contribution in [0.2, 0.25) is 0 Å². The fraction of sp³-hybridized carbons (Fsp3) is 0.400. The van der Waals surface area contributed by atoms with Crippen LogP contribution in [0.4, 0.5) is 0 Å².